The summed E-state index contributed by atoms with van der Waals surface area (Å²) < 4.78 is 18.4. The van der Waals surface area contributed by atoms with Crippen molar-refractivity contribution < 1.29 is 8.95 Å². The number of para-hydroxylation sites is 1. The molecular formula is C16H25NO2S. The number of ether oxygens (including phenoxy) is 1. The minimum atomic E-state index is -1.04. The lowest BCUT2D eigenvalue weighted by atomic mass is 9.80. The Bertz CT molecular complexity index is 477. The predicted molar refractivity (Wildman–Crippen MR) is 83.6 cm³/mol. The van der Waals surface area contributed by atoms with Gasteiger partial charge < -0.3 is 10.1 Å². The summed E-state index contributed by atoms with van der Waals surface area (Å²) >= 11 is 0. The van der Waals surface area contributed by atoms with Gasteiger partial charge in [0.05, 0.1) is 28.1 Å². The fourth-order valence-corrected chi connectivity index (χ4v) is 5.34. The van der Waals surface area contributed by atoms with Crippen molar-refractivity contribution in [2.24, 2.45) is 11.8 Å². The van der Waals surface area contributed by atoms with Crippen molar-refractivity contribution in [2.75, 3.05) is 14.2 Å². The zero-order chi connectivity index (χ0) is 14.7. The van der Waals surface area contributed by atoms with Crippen molar-refractivity contribution in [3.63, 3.8) is 0 Å². The Balaban J connectivity index is 2.30. The van der Waals surface area contributed by atoms with Crippen LogP contribution in [0.4, 0.5) is 0 Å². The van der Waals surface area contributed by atoms with E-state index in [2.05, 4.69) is 19.2 Å². The Morgan fingerprint density at radius 2 is 1.95 bits per heavy atom. The van der Waals surface area contributed by atoms with Crippen LogP contribution in [-0.2, 0) is 10.8 Å². The van der Waals surface area contributed by atoms with Crippen LogP contribution in [-0.4, -0.2) is 29.7 Å². The molecule has 0 bridgehead atoms. The molecule has 1 aliphatic rings. The van der Waals surface area contributed by atoms with E-state index in [-0.39, 0.29) is 5.25 Å². The third-order valence-corrected chi connectivity index (χ3v) is 6.35. The Morgan fingerprint density at radius 1 is 1.25 bits per heavy atom. The van der Waals surface area contributed by atoms with Crippen LogP contribution in [0.2, 0.25) is 0 Å². The average Bonchev–Trinajstić information content (AvgIpc) is 2.45. The summed E-state index contributed by atoms with van der Waals surface area (Å²) in [5.41, 5.74) is 0. The van der Waals surface area contributed by atoms with E-state index in [0.29, 0.717) is 17.9 Å². The van der Waals surface area contributed by atoms with Gasteiger partial charge in [0.2, 0.25) is 0 Å². The third kappa shape index (κ3) is 3.07. The second-order valence-electron chi connectivity index (χ2n) is 5.86. The first-order valence-electron chi connectivity index (χ1n) is 7.29. The van der Waals surface area contributed by atoms with Crippen molar-refractivity contribution in [1.82, 2.24) is 5.32 Å². The summed E-state index contributed by atoms with van der Waals surface area (Å²) in [7, 11) is 2.57. The molecule has 1 aromatic carbocycles. The number of nitrogens with one attached hydrogen (secondary N) is 1. The summed E-state index contributed by atoms with van der Waals surface area (Å²) in [6.45, 7) is 4.50. The first-order valence-corrected chi connectivity index (χ1v) is 8.50. The minimum absolute atomic E-state index is 0.146. The van der Waals surface area contributed by atoms with Crippen molar-refractivity contribution >= 4 is 10.8 Å². The van der Waals surface area contributed by atoms with E-state index in [0.717, 1.165) is 23.5 Å². The Labute approximate surface area is 124 Å². The van der Waals surface area contributed by atoms with Crippen LogP contribution < -0.4 is 10.1 Å². The maximum Gasteiger partial charge on any atom is 0.134 e. The van der Waals surface area contributed by atoms with Crippen LogP contribution in [0, 0.1) is 11.8 Å². The fraction of sp³-hybridized carbons (Fsp3) is 0.625. The molecule has 1 fully saturated rings. The standard InChI is InChI=1S/C16H25NO2S/c1-11-9-12(2)16(13(10-11)17-3)20(18)15-8-6-5-7-14(15)19-4/h5-8,11-13,16-17H,9-10H2,1-4H3. The molecule has 5 atom stereocenters. The molecule has 1 aliphatic carbocycles. The molecule has 3 nitrogen and oxygen atoms in total. The predicted octanol–water partition coefficient (Wildman–Crippen LogP) is 2.83. The van der Waals surface area contributed by atoms with E-state index < -0.39 is 10.8 Å². The molecule has 0 radical (unpaired) electrons. The summed E-state index contributed by atoms with van der Waals surface area (Å²) in [5, 5.41) is 3.51. The van der Waals surface area contributed by atoms with Crippen molar-refractivity contribution in [2.45, 2.75) is 42.9 Å². The second-order valence-corrected chi connectivity index (χ2v) is 7.44. The van der Waals surface area contributed by atoms with Crippen LogP contribution in [0.25, 0.3) is 0 Å². The topological polar surface area (TPSA) is 38.3 Å². The van der Waals surface area contributed by atoms with Crippen LogP contribution in [0.3, 0.4) is 0 Å². The molecule has 0 saturated heterocycles. The van der Waals surface area contributed by atoms with Gasteiger partial charge in [0, 0.05) is 6.04 Å². The highest BCUT2D eigenvalue weighted by Crippen LogP contribution is 2.36. The maximum atomic E-state index is 13.1. The molecule has 112 valence electrons. The van der Waals surface area contributed by atoms with Gasteiger partial charge in [-0.3, -0.25) is 4.21 Å². The van der Waals surface area contributed by atoms with Crippen LogP contribution in [0.15, 0.2) is 29.2 Å². The fourth-order valence-electron chi connectivity index (χ4n) is 3.40. The molecule has 0 spiro atoms. The summed E-state index contributed by atoms with van der Waals surface area (Å²) in [6.07, 6.45) is 2.23. The quantitative estimate of drug-likeness (QED) is 0.928. The molecule has 0 aromatic heterocycles. The second kappa shape index (κ2) is 6.72. The van der Waals surface area contributed by atoms with E-state index in [1.807, 2.05) is 31.3 Å². The van der Waals surface area contributed by atoms with Gasteiger partial charge in [0.1, 0.15) is 5.75 Å². The zero-order valence-electron chi connectivity index (χ0n) is 12.8. The van der Waals surface area contributed by atoms with Gasteiger partial charge >= 0.3 is 0 Å². The van der Waals surface area contributed by atoms with Crippen LogP contribution in [0.5, 0.6) is 5.75 Å². The number of methoxy groups -OCH3 is 1. The van der Waals surface area contributed by atoms with Crippen molar-refractivity contribution in [3.8, 4) is 5.75 Å². The van der Waals surface area contributed by atoms with Gasteiger partial charge in [-0.05, 0) is 43.9 Å². The molecule has 2 rings (SSSR count). The lowest BCUT2D eigenvalue weighted by Crippen LogP contribution is -2.48. The molecule has 0 heterocycles. The lowest BCUT2D eigenvalue weighted by molar-refractivity contribution is 0.253. The highest BCUT2D eigenvalue weighted by molar-refractivity contribution is 7.85. The summed E-state index contributed by atoms with van der Waals surface area (Å²) in [6, 6.07) is 7.96. The highest BCUT2D eigenvalue weighted by Gasteiger charge is 2.38. The molecular weight excluding hydrogens is 270 g/mol. The largest absolute Gasteiger partial charge is 0.495 e. The maximum absolute atomic E-state index is 13.1. The third-order valence-electron chi connectivity index (χ3n) is 4.29. The molecule has 20 heavy (non-hydrogen) atoms. The molecule has 1 aromatic rings. The molecule has 1 N–H and O–H groups in total. The molecule has 1 saturated carbocycles. The Morgan fingerprint density at radius 3 is 2.60 bits per heavy atom. The molecule has 5 unspecified atom stereocenters. The average molecular weight is 295 g/mol. The van der Waals surface area contributed by atoms with E-state index in [4.69, 9.17) is 4.74 Å². The van der Waals surface area contributed by atoms with Gasteiger partial charge in [0.25, 0.3) is 0 Å². The summed E-state index contributed by atoms with van der Waals surface area (Å²) in [5.74, 6) is 1.86. The minimum Gasteiger partial charge on any atom is -0.495 e. The van der Waals surface area contributed by atoms with E-state index >= 15 is 0 Å². The van der Waals surface area contributed by atoms with Crippen molar-refractivity contribution in [3.05, 3.63) is 24.3 Å². The van der Waals surface area contributed by atoms with Gasteiger partial charge in [0.15, 0.2) is 0 Å². The van der Waals surface area contributed by atoms with Crippen LogP contribution >= 0.6 is 0 Å². The number of rotatable bonds is 4. The lowest BCUT2D eigenvalue weighted by Gasteiger charge is -2.39. The first kappa shape index (κ1) is 15.5. The normalized spacial score (nSPS) is 31.8. The highest BCUT2D eigenvalue weighted by atomic mass is 32.2. The van der Waals surface area contributed by atoms with E-state index in [1.54, 1.807) is 7.11 Å². The van der Waals surface area contributed by atoms with E-state index in [1.165, 1.54) is 0 Å². The van der Waals surface area contributed by atoms with Gasteiger partial charge in [-0.1, -0.05) is 26.0 Å². The zero-order valence-corrected chi connectivity index (χ0v) is 13.6. The van der Waals surface area contributed by atoms with Gasteiger partial charge in [-0.25, -0.2) is 0 Å². The monoisotopic (exact) mass is 295 g/mol. The Hall–Kier alpha value is -0.870. The van der Waals surface area contributed by atoms with Gasteiger partial charge in [-0.15, -0.1) is 0 Å². The molecule has 4 heteroatoms. The number of hydrogen-bond donors (Lipinski definition) is 1. The van der Waals surface area contributed by atoms with E-state index in [9.17, 15) is 4.21 Å². The number of hydrogen-bond acceptors (Lipinski definition) is 3. The van der Waals surface area contributed by atoms with Gasteiger partial charge in [-0.2, -0.15) is 0 Å². The SMILES string of the molecule is CNC1CC(C)CC(C)C1S(=O)c1ccccc1OC. The summed E-state index contributed by atoms with van der Waals surface area (Å²) in [4.78, 5) is 0.821. The smallest absolute Gasteiger partial charge is 0.134 e. The molecule has 0 amide bonds. The number of benzene rings is 1. The first-order chi connectivity index (χ1) is 9.58. The van der Waals surface area contributed by atoms with Crippen LogP contribution in [0.1, 0.15) is 26.7 Å². The van der Waals surface area contributed by atoms with Crippen molar-refractivity contribution in [1.29, 1.82) is 0 Å². The molecule has 0 aliphatic heterocycles. The Kier molecular flexibility index (Phi) is 5.22.